The molecular formula is C18H17N5OS. The fourth-order valence-electron chi connectivity index (χ4n) is 3.97. The van der Waals surface area contributed by atoms with Crippen molar-refractivity contribution in [3.63, 3.8) is 0 Å². The number of carbonyl (C=O) groups is 1. The number of hydrogen-bond donors (Lipinski definition) is 2. The molecule has 2 N–H and O–H groups in total. The largest absolute Gasteiger partial charge is 0.342 e. The minimum atomic E-state index is -0.160. The summed E-state index contributed by atoms with van der Waals surface area (Å²) in [5.41, 5.74) is 2.52. The average molecular weight is 351 g/mol. The van der Waals surface area contributed by atoms with Crippen LogP contribution >= 0.6 is 11.3 Å². The van der Waals surface area contributed by atoms with Gasteiger partial charge in [-0.25, -0.2) is 9.97 Å². The predicted octanol–water partition coefficient (Wildman–Crippen LogP) is 3.73. The summed E-state index contributed by atoms with van der Waals surface area (Å²) in [6.45, 7) is 0. The zero-order valence-corrected chi connectivity index (χ0v) is 14.4. The van der Waals surface area contributed by atoms with Crippen molar-refractivity contribution < 1.29 is 4.79 Å². The van der Waals surface area contributed by atoms with E-state index in [1.54, 1.807) is 6.20 Å². The van der Waals surface area contributed by atoms with Crippen molar-refractivity contribution in [1.29, 1.82) is 0 Å². The molecular weight excluding hydrogens is 334 g/mol. The number of pyridine rings is 1. The Balaban J connectivity index is 1.53. The zero-order valence-electron chi connectivity index (χ0n) is 13.6. The van der Waals surface area contributed by atoms with Gasteiger partial charge >= 0.3 is 0 Å². The Labute approximate surface area is 148 Å². The number of thiophene rings is 1. The van der Waals surface area contributed by atoms with Gasteiger partial charge in [0.05, 0.1) is 20.9 Å². The summed E-state index contributed by atoms with van der Waals surface area (Å²) in [4.78, 5) is 26.2. The molecule has 1 amide bonds. The van der Waals surface area contributed by atoms with Crippen molar-refractivity contribution in [2.45, 2.75) is 37.6 Å². The number of nitrogens with zero attached hydrogens (tertiary/aromatic N) is 3. The van der Waals surface area contributed by atoms with Gasteiger partial charge in [0.1, 0.15) is 11.8 Å². The van der Waals surface area contributed by atoms with E-state index >= 15 is 0 Å². The molecule has 3 aromatic rings. The lowest BCUT2D eigenvalue weighted by Crippen LogP contribution is -2.40. The van der Waals surface area contributed by atoms with E-state index in [4.69, 9.17) is 0 Å². The van der Waals surface area contributed by atoms with Crippen molar-refractivity contribution in [3.8, 4) is 0 Å². The van der Waals surface area contributed by atoms with Crippen LogP contribution in [0.4, 0.5) is 10.8 Å². The van der Waals surface area contributed by atoms with Gasteiger partial charge in [-0.15, -0.1) is 11.3 Å². The maximum absolute atomic E-state index is 12.5. The summed E-state index contributed by atoms with van der Waals surface area (Å²) < 4.78 is 0. The minimum absolute atomic E-state index is 0.0561. The Kier molecular flexibility index (Phi) is 3.24. The van der Waals surface area contributed by atoms with Crippen molar-refractivity contribution in [2.75, 3.05) is 5.32 Å². The van der Waals surface area contributed by atoms with Crippen LogP contribution in [0.3, 0.4) is 0 Å². The Hall–Kier alpha value is -2.54. The van der Waals surface area contributed by atoms with Crippen molar-refractivity contribution in [1.82, 2.24) is 20.3 Å². The Bertz CT molecular complexity index is 971. The minimum Gasteiger partial charge on any atom is -0.342 e. The second-order valence-electron chi connectivity index (χ2n) is 6.67. The molecule has 126 valence electrons. The molecule has 6 nitrogen and oxygen atoms in total. The highest BCUT2D eigenvalue weighted by molar-refractivity contribution is 7.18. The van der Waals surface area contributed by atoms with Crippen LogP contribution < -0.4 is 10.6 Å². The molecule has 4 heterocycles. The lowest BCUT2D eigenvalue weighted by atomic mass is 9.78. The number of amides is 1. The van der Waals surface area contributed by atoms with Gasteiger partial charge in [-0.2, -0.15) is 0 Å². The number of nitrogens with one attached hydrogen (secondary N) is 2. The average Bonchev–Trinajstić information content (AvgIpc) is 3.16. The third kappa shape index (κ3) is 2.30. The van der Waals surface area contributed by atoms with Crippen molar-refractivity contribution in [2.24, 2.45) is 0 Å². The topological polar surface area (TPSA) is 79.8 Å². The summed E-state index contributed by atoms with van der Waals surface area (Å²) in [5, 5.41) is 7.51. The molecule has 1 aliphatic heterocycles. The summed E-state index contributed by atoms with van der Waals surface area (Å²) in [7, 11) is 0. The molecule has 3 aromatic heterocycles. The number of anilines is 2. The Morgan fingerprint density at radius 3 is 2.92 bits per heavy atom. The van der Waals surface area contributed by atoms with E-state index in [2.05, 4.69) is 31.7 Å². The molecule has 1 aliphatic carbocycles. The lowest BCUT2D eigenvalue weighted by molar-refractivity contribution is 0.0912. The van der Waals surface area contributed by atoms with E-state index in [-0.39, 0.29) is 11.4 Å². The molecule has 1 fully saturated rings. The van der Waals surface area contributed by atoms with Crippen LogP contribution in [0, 0.1) is 0 Å². The Morgan fingerprint density at radius 1 is 1.16 bits per heavy atom. The predicted molar refractivity (Wildman–Crippen MR) is 97.2 cm³/mol. The molecule has 2 aliphatic rings. The van der Waals surface area contributed by atoms with Crippen LogP contribution in [-0.2, 0) is 5.54 Å². The highest BCUT2D eigenvalue weighted by Crippen LogP contribution is 2.47. The van der Waals surface area contributed by atoms with Gasteiger partial charge in [0.25, 0.3) is 5.91 Å². The fraction of sp³-hybridized carbons (Fsp3) is 0.333. The first-order chi connectivity index (χ1) is 12.3. The highest BCUT2D eigenvalue weighted by Gasteiger charge is 2.44. The SMILES string of the molecule is O=C1NC2(CCCCC2)c2cc(Nc3ncnc4cccnc34)sc21. The quantitative estimate of drug-likeness (QED) is 0.735. The van der Waals surface area contributed by atoms with Gasteiger partial charge in [0, 0.05) is 11.8 Å². The summed E-state index contributed by atoms with van der Waals surface area (Å²) in [6, 6.07) is 5.88. The summed E-state index contributed by atoms with van der Waals surface area (Å²) in [6.07, 6.45) is 8.90. The maximum atomic E-state index is 12.5. The van der Waals surface area contributed by atoms with Crippen molar-refractivity contribution >= 4 is 39.1 Å². The van der Waals surface area contributed by atoms with Gasteiger partial charge in [0.15, 0.2) is 5.82 Å². The van der Waals surface area contributed by atoms with Crippen LogP contribution in [0.15, 0.2) is 30.7 Å². The standard InChI is InChI=1S/C18H17N5OS/c24-17-15-11(18(23-17)6-2-1-3-7-18)9-13(25-15)22-16-14-12(20-10-21-16)5-4-8-19-14/h4-5,8-10H,1-3,6-7H2,(H,23,24)(H,20,21,22). The van der Waals surface area contributed by atoms with Gasteiger partial charge < -0.3 is 10.6 Å². The molecule has 1 saturated carbocycles. The van der Waals surface area contributed by atoms with E-state index in [0.717, 1.165) is 39.3 Å². The van der Waals surface area contributed by atoms with Gasteiger partial charge in [-0.05, 0) is 31.0 Å². The molecule has 0 radical (unpaired) electrons. The molecule has 7 heteroatoms. The maximum Gasteiger partial charge on any atom is 0.262 e. The van der Waals surface area contributed by atoms with Gasteiger partial charge in [0.2, 0.25) is 0 Å². The number of rotatable bonds is 2. The van der Waals surface area contributed by atoms with E-state index in [9.17, 15) is 4.79 Å². The van der Waals surface area contributed by atoms with Crippen LogP contribution in [0.5, 0.6) is 0 Å². The monoisotopic (exact) mass is 351 g/mol. The number of aromatic nitrogens is 3. The van der Waals surface area contributed by atoms with E-state index in [0.29, 0.717) is 5.82 Å². The zero-order chi connectivity index (χ0) is 16.9. The van der Waals surface area contributed by atoms with E-state index < -0.39 is 0 Å². The Morgan fingerprint density at radius 2 is 2.04 bits per heavy atom. The number of carbonyl (C=O) groups excluding carboxylic acids is 1. The van der Waals surface area contributed by atoms with Gasteiger partial charge in [-0.3, -0.25) is 9.78 Å². The lowest BCUT2D eigenvalue weighted by Gasteiger charge is -2.33. The molecule has 5 rings (SSSR count). The van der Waals surface area contributed by atoms with E-state index in [1.165, 1.54) is 36.9 Å². The number of hydrogen-bond acceptors (Lipinski definition) is 6. The van der Waals surface area contributed by atoms with Crippen LogP contribution in [-0.4, -0.2) is 20.9 Å². The van der Waals surface area contributed by atoms with Crippen LogP contribution in [0.25, 0.3) is 11.0 Å². The normalized spacial score (nSPS) is 18.3. The smallest absolute Gasteiger partial charge is 0.262 e. The van der Waals surface area contributed by atoms with Gasteiger partial charge in [-0.1, -0.05) is 19.3 Å². The molecule has 0 unspecified atom stereocenters. The summed E-state index contributed by atoms with van der Waals surface area (Å²) >= 11 is 1.49. The second kappa shape index (κ2) is 5.49. The second-order valence-corrected chi connectivity index (χ2v) is 7.72. The third-order valence-electron chi connectivity index (χ3n) is 5.15. The molecule has 0 bridgehead atoms. The number of fused-ring (bicyclic) bond motifs is 3. The molecule has 25 heavy (non-hydrogen) atoms. The highest BCUT2D eigenvalue weighted by atomic mass is 32.1. The molecule has 0 saturated heterocycles. The van der Waals surface area contributed by atoms with E-state index in [1.807, 2.05) is 12.1 Å². The first-order valence-electron chi connectivity index (χ1n) is 8.55. The van der Waals surface area contributed by atoms with Crippen LogP contribution in [0.1, 0.15) is 47.3 Å². The first-order valence-corrected chi connectivity index (χ1v) is 9.36. The van der Waals surface area contributed by atoms with Crippen LogP contribution in [0.2, 0.25) is 0 Å². The molecule has 1 spiro atoms. The van der Waals surface area contributed by atoms with Crippen molar-refractivity contribution in [3.05, 3.63) is 41.2 Å². The molecule has 0 aromatic carbocycles. The third-order valence-corrected chi connectivity index (χ3v) is 6.20. The molecule has 0 atom stereocenters. The first kappa shape index (κ1) is 14.8. The fourth-order valence-corrected chi connectivity index (χ4v) is 5.02. The summed E-state index contributed by atoms with van der Waals surface area (Å²) in [5.74, 6) is 0.726.